The Bertz CT molecular complexity index is 448. The Morgan fingerprint density at radius 1 is 1.56 bits per heavy atom. The third-order valence-corrected chi connectivity index (χ3v) is 3.12. The molecular weight excluding hydrogens is 232 g/mol. The van der Waals surface area contributed by atoms with Crippen LogP contribution in [0.2, 0.25) is 0 Å². The first-order valence-electron chi connectivity index (χ1n) is 6.07. The third kappa shape index (κ3) is 2.92. The first kappa shape index (κ1) is 12.7. The second kappa shape index (κ2) is 5.27. The Morgan fingerprint density at radius 2 is 2.33 bits per heavy atom. The maximum atomic E-state index is 11.2. The molecule has 18 heavy (non-hydrogen) atoms. The molecule has 0 spiro atoms. The first-order valence-corrected chi connectivity index (χ1v) is 6.07. The second-order valence-electron chi connectivity index (χ2n) is 4.66. The normalized spacial score (nSPS) is 23.6. The number of carboxylic acid groups (broad SMARTS) is 1. The van der Waals surface area contributed by atoms with Crippen molar-refractivity contribution in [2.24, 2.45) is 0 Å². The fourth-order valence-corrected chi connectivity index (χ4v) is 2.21. The van der Waals surface area contributed by atoms with E-state index >= 15 is 0 Å². The monoisotopic (exact) mass is 250 g/mol. The molecular formula is C13H18N2O3. The van der Waals surface area contributed by atoms with Crippen molar-refractivity contribution in [3.05, 3.63) is 23.8 Å². The molecule has 0 radical (unpaired) electrons. The molecule has 2 unspecified atom stereocenters. The van der Waals surface area contributed by atoms with E-state index in [9.17, 15) is 4.79 Å². The third-order valence-electron chi connectivity index (χ3n) is 3.12. The standard InChI is InChI=1S/C13H18N2O3/c1-8-6-10(4-5-18-8)15-12-3-2-9(14)7-11(12)13(16)17/h2-3,7-8,10,15H,4-6,14H2,1H3,(H,16,17). The van der Waals surface area contributed by atoms with E-state index in [1.54, 1.807) is 12.1 Å². The number of hydrogen-bond acceptors (Lipinski definition) is 4. The van der Waals surface area contributed by atoms with E-state index in [-0.39, 0.29) is 17.7 Å². The van der Waals surface area contributed by atoms with Crippen molar-refractivity contribution < 1.29 is 14.6 Å². The predicted molar refractivity (Wildman–Crippen MR) is 69.9 cm³/mol. The van der Waals surface area contributed by atoms with Crippen LogP contribution in [0, 0.1) is 0 Å². The highest BCUT2D eigenvalue weighted by atomic mass is 16.5. The molecule has 1 aromatic carbocycles. The Kier molecular flexibility index (Phi) is 3.72. The van der Waals surface area contributed by atoms with Gasteiger partial charge in [0, 0.05) is 24.0 Å². The smallest absolute Gasteiger partial charge is 0.337 e. The lowest BCUT2D eigenvalue weighted by Gasteiger charge is -2.29. The van der Waals surface area contributed by atoms with Crippen LogP contribution in [0.5, 0.6) is 0 Å². The largest absolute Gasteiger partial charge is 0.478 e. The summed E-state index contributed by atoms with van der Waals surface area (Å²) < 4.78 is 5.47. The number of anilines is 2. The maximum Gasteiger partial charge on any atom is 0.337 e. The van der Waals surface area contributed by atoms with Gasteiger partial charge in [-0.3, -0.25) is 0 Å². The van der Waals surface area contributed by atoms with Gasteiger partial charge in [-0.25, -0.2) is 4.79 Å². The molecule has 0 saturated carbocycles. The molecule has 5 nitrogen and oxygen atoms in total. The molecule has 2 rings (SSSR count). The van der Waals surface area contributed by atoms with E-state index in [2.05, 4.69) is 5.32 Å². The zero-order valence-corrected chi connectivity index (χ0v) is 10.3. The fourth-order valence-electron chi connectivity index (χ4n) is 2.21. The summed E-state index contributed by atoms with van der Waals surface area (Å²) >= 11 is 0. The van der Waals surface area contributed by atoms with Crippen LogP contribution in [0.15, 0.2) is 18.2 Å². The van der Waals surface area contributed by atoms with Crippen LogP contribution in [0.4, 0.5) is 11.4 Å². The second-order valence-corrected chi connectivity index (χ2v) is 4.66. The molecule has 0 amide bonds. The van der Waals surface area contributed by atoms with Gasteiger partial charge in [-0.05, 0) is 38.0 Å². The van der Waals surface area contributed by atoms with Crippen molar-refractivity contribution in [3.8, 4) is 0 Å². The Balaban J connectivity index is 2.15. The van der Waals surface area contributed by atoms with Crippen LogP contribution < -0.4 is 11.1 Å². The minimum absolute atomic E-state index is 0.207. The molecule has 2 atom stereocenters. The van der Waals surface area contributed by atoms with Crippen LogP contribution in [-0.2, 0) is 4.74 Å². The summed E-state index contributed by atoms with van der Waals surface area (Å²) in [6.45, 7) is 2.73. The average molecular weight is 250 g/mol. The lowest BCUT2D eigenvalue weighted by Crippen LogP contribution is -2.33. The van der Waals surface area contributed by atoms with Gasteiger partial charge < -0.3 is 20.9 Å². The molecule has 1 aliphatic heterocycles. The average Bonchev–Trinajstić information content (AvgIpc) is 2.31. The SMILES string of the molecule is CC1CC(Nc2ccc(N)cc2C(=O)O)CCO1. The number of rotatable bonds is 3. The lowest BCUT2D eigenvalue weighted by molar-refractivity contribution is 0.0232. The summed E-state index contributed by atoms with van der Waals surface area (Å²) in [4.78, 5) is 11.2. The van der Waals surface area contributed by atoms with E-state index in [4.69, 9.17) is 15.6 Å². The number of nitrogens with two attached hydrogens (primary N) is 1. The highest BCUT2D eigenvalue weighted by Gasteiger charge is 2.21. The minimum Gasteiger partial charge on any atom is -0.478 e. The molecule has 1 aliphatic rings. The number of carboxylic acids is 1. The van der Waals surface area contributed by atoms with Crippen LogP contribution in [-0.4, -0.2) is 29.8 Å². The minimum atomic E-state index is -0.968. The van der Waals surface area contributed by atoms with Crippen molar-refractivity contribution in [3.63, 3.8) is 0 Å². The van der Waals surface area contributed by atoms with Gasteiger partial charge in [0.25, 0.3) is 0 Å². The van der Waals surface area contributed by atoms with E-state index in [1.165, 1.54) is 6.07 Å². The molecule has 4 N–H and O–H groups in total. The highest BCUT2D eigenvalue weighted by Crippen LogP contribution is 2.23. The zero-order valence-electron chi connectivity index (χ0n) is 10.3. The Hall–Kier alpha value is -1.75. The zero-order chi connectivity index (χ0) is 13.1. The van der Waals surface area contributed by atoms with Crippen LogP contribution in [0.1, 0.15) is 30.1 Å². The van der Waals surface area contributed by atoms with Crippen LogP contribution in [0.25, 0.3) is 0 Å². The number of aromatic carboxylic acids is 1. The first-order chi connectivity index (χ1) is 8.56. The number of benzene rings is 1. The van der Waals surface area contributed by atoms with Crippen LogP contribution in [0.3, 0.4) is 0 Å². The van der Waals surface area contributed by atoms with Gasteiger partial charge in [0.05, 0.1) is 11.7 Å². The molecule has 1 fully saturated rings. The summed E-state index contributed by atoms with van der Waals surface area (Å²) in [6.07, 6.45) is 1.97. The summed E-state index contributed by atoms with van der Waals surface area (Å²) in [5.74, 6) is -0.968. The van der Waals surface area contributed by atoms with Gasteiger partial charge in [0.2, 0.25) is 0 Å². The summed E-state index contributed by atoms with van der Waals surface area (Å²) in [5, 5.41) is 12.4. The lowest BCUT2D eigenvalue weighted by atomic mass is 10.0. The molecule has 98 valence electrons. The number of hydrogen-bond donors (Lipinski definition) is 3. The number of nitrogen functional groups attached to an aromatic ring is 1. The maximum absolute atomic E-state index is 11.2. The molecule has 0 bridgehead atoms. The Morgan fingerprint density at radius 3 is 3.00 bits per heavy atom. The van der Waals surface area contributed by atoms with E-state index in [0.717, 1.165) is 12.8 Å². The summed E-state index contributed by atoms with van der Waals surface area (Å²) in [6, 6.07) is 5.15. The fraction of sp³-hybridized carbons (Fsp3) is 0.462. The summed E-state index contributed by atoms with van der Waals surface area (Å²) in [7, 11) is 0. The quantitative estimate of drug-likeness (QED) is 0.714. The van der Waals surface area contributed by atoms with Gasteiger partial charge in [-0.15, -0.1) is 0 Å². The molecule has 0 aromatic heterocycles. The van der Waals surface area contributed by atoms with Crippen molar-refractivity contribution >= 4 is 17.3 Å². The molecule has 5 heteroatoms. The molecule has 0 aliphatic carbocycles. The Labute approximate surface area is 106 Å². The van der Waals surface area contributed by atoms with Crippen molar-refractivity contribution in [2.45, 2.75) is 31.9 Å². The predicted octanol–water partition coefficient (Wildman–Crippen LogP) is 1.95. The van der Waals surface area contributed by atoms with Crippen molar-refractivity contribution in [1.82, 2.24) is 0 Å². The topological polar surface area (TPSA) is 84.6 Å². The van der Waals surface area contributed by atoms with Crippen LogP contribution >= 0.6 is 0 Å². The van der Waals surface area contributed by atoms with Gasteiger partial charge in [0.15, 0.2) is 0 Å². The van der Waals surface area contributed by atoms with E-state index in [0.29, 0.717) is 18.0 Å². The van der Waals surface area contributed by atoms with Gasteiger partial charge in [-0.1, -0.05) is 0 Å². The van der Waals surface area contributed by atoms with Gasteiger partial charge in [0.1, 0.15) is 0 Å². The summed E-state index contributed by atoms with van der Waals surface area (Å²) in [5.41, 5.74) is 6.90. The van der Waals surface area contributed by atoms with Gasteiger partial charge >= 0.3 is 5.97 Å². The van der Waals surface area contributed by atoms with E-state index < -0.39 is 5.97 Å². The highest BCUT2D eigenvalue weighted by molar-refractivity contribution is 5.95. The van der Waals surface area contributed by atoms with Crippen molar-refractivity contribution in [1.29, 1.82) is 0 Å². The molecule has 1 heterocycles. The molecule has 1 saturated heterocycles. The van der Waals surface area contributed by atoms with Crippen molar-refractivity contribution in [2.75, 3.05) is 17.7 Å². The van der Waals surface area contributed by atoms with Gasteiger partial charge in [-0.2, -0.15) is 0 Å². The molecule has 1 aromatic rings. The number of carbonyl (C=O) groups is 1. The number of ether oxygens (including phenoxy) is 1. The number of nitrogens with one attached hydrogen (secondary N) is 1. The van der Waals surface area contributed by atoms with E-state index in [1.807, 2.05) is 6.92 Å².